The molecule has 0 bridgehead atoms. The van der Waals surface area contributed by atoms with Crippen LogP contribution in [0.15, 0.2) is 37.0 Å². The van der Waals surface area contributed by atoms with Gasteiger partial charge in [0.15, 0.2) is 0 Å². The molecule has 8 rings (SSSR count). The normalized spacial score (nSPS) is 36.4. The molecule has 2 nitrogen and oxygen atoms in total. The van der Waals surface area contributed by atoms with Crippen molar-refractivity contribution in [2.24, 2.45) is 35.5 Å². The molecule has 0 aromatic heterocycles. The molecule has 0 aliphatic heterocycles. The second-order valence-electron chi connectivity index (χ2n) is 21.9. The molecule has 0 N–H and O–H groups in total. The van der Waals surface area contributed by atoms with Gasteiger partial charge in [0.05, 0.1) is 0 Å². The van der Waals surface area contributed by atoms with E-state index in [1.165, 1.54) is 231 Å². The van der Waals surface area contributed by atoms with Crippen LogP contribution in [0.5, 0.6) is 0 Å². The van der Waals surface area contributed by atoms with Crippen molar-refractivity contribution in [2.45, 2.75) is 274 Å². The second-order valence-corrected chi connectivity index (χ2v) is 21.9. The average molecular weight is 783 g/mol. The van der Waals surface area contributed by atoms with Crippen LogP contribution in [0.3, 0.4) is 0 Å². The molecule has 0 heterocycles. The van der Waals surface area contributed by atoms with Gasteiger partial charge in [0.1, 0.15) is 0 Å². The van der Waals surface area contributed by atoms with Crippen molar-refractivity contribution in [2.75, 3.05) is 0 Å². The zero-order valence-corrected chi connectivity index (χ0v) is 37.9. The molecule has 2 heteroatoms. The van der Waals surface area contributed by atoms with E-state index in [9.17, 15) is 0 Å². The highest BCUT2D eigenvalue weighted by atomic mass is 15.2. The number of hydrogen-bond acceptors (Lipinski definition) is 2. The first-order valence-electron chi connectivity index (χ1n) is 26.7. The molecular formula is C55H94N2. The van der Waals surface area contributed by atoms with E-state index < -0.39 is 0 Å². The zero-order chi connectivity index (χ0) is 39.1. The summed E-state index contributed by atoms with van der Waals surface area (Å²) in [6.07, 6.45) is 65.7. The van der Waals surface area contributed by atoms with Crippen molar-refractivity contribution in [3.63, 3.8) is 0 Å². The summed E-state index contributed by atoms with van der Waals surface area (Å²) >= 11 is 0. The lowest BCUT2D eigenvalue weighted by Gasteiger charge is -2.49. The molecule has 0 aromatic carbocycles. The van der Waals surface area contributed by atoms with Crippen LogP contribution < -0.4 is 0 Å². The van der Waals surface area contributed by atoms with Crippen molar-refractivity contribution in [1.82, 2.24) is 9.80 Å². The lowest BCUT2D eigenvalue weighted by atomic mass is 9.77. The minimum Gasteiger partial charge on any atom is -0.294 e. The first kappa shape index (κ1) is 44.2. The first-order valence-corrected chi connectivity index (χ1v) is 26.7. The topological polar surface area (TPSA) is 6.48 Å². The summed E-state index contributed by atoms with van der Waals surface area (Å²) in [5.74, 6) is 5.27. The van der Waals surface area contributed by atoms with Gasteiger partial charge in [0.25, 0.3) is 0 Å². The van der Waals surface area contributed by atoms with Gasteiger partial charge in [0.2, 0.25) is 0 Å². The third kappa shape index (κ3) is 13.6. The molecule has 0 aromatic rings. The highest BCUT2D eigenvalue weighted by molar-refractivity contribution is 5.02. The van der Waals surface area contributed by atoms with Crippen molar-refractivity contribution in [3.8, 4) is 0 Å². The molecule has 0 radical (unpaired) electrons. The molecule has 57 heavy (non-hydrogen) atoms. The standard InChI is InChI=1S/C48H80N2.C7H14/c1-2-38-22-30-45(31-23-38)49(43-14-8-4-9-15-43)46-34-26-41(27-35-46)20-21-42-28-36-48(37-29-42)50(44-16-10-5-11-17-44)47-32-24-40(25-33-47)19-18-39-12-6-3-7-13-39;1-7-5-3-2-4-6-7/h2,18-21,38-48H,1,3-17,22-37H2;7H,2-6H2,1H3/b19-18+,21-20+;. The lowest BCUT2D eigenvalue weighted by molar-refractivity contribution is 0.0137. The Bertz CT molecular complexity index is 1130. The predicted molar refractivity (Wildman–Crippen MR) is 248 cm³/mol. The minimum absolute atomic E-state index is 0.781. The van der Waals surface area contributed by atoms with Crippen LogP contribution in [0.4, 0.5) is 0 Å². The van der Waals surface area contributed by atoms with Gasteiger partial charge < -0.3 is 0 Å². The summed E-state index contributed by atoms with van der Waals surface area (Å²) in [6, 6.07) is 5.22. The van der Waals surface area contributed by atoms with Gasteiger partial charge in [-0.2, -0.15) is 0 Å². The maximum atomic E-state index is 4.14. The summed E-state index contributed by atoms with van der Waals surface area (Å²) in [4.78, 5) is 6.35. The van der Waals surface area contributed by atoms with Crippen LogP contribution in [0, 0.1) is 35.5 Å². The van der Waals surface area contributed by atoms with Gasteiger partial charge in [-0.3, -0.25) is 9.80 Å². The second kappa shape index (κ2) is 24.0. The van der Waals surface area contributed by atoms with Gasteiger partial charge in [-0.15, -0.1) is 6.58 Å². The molecular weight excluding hydrogens is 689 g/mol. The van der Waals surface area contributed by atoms with Crippen molar-refractivity contribution >= 4 is 0 Å². The molecule has 0 amide bonds. The smallest absolute Gasteiger partial charge is 0.0102 e. The quantitative estimate of drug-likeness (QED) is 0.193. The highest BCUT2D eigenvalue weighted by Crippen LogP contribution is 2.42. The van der Waals surface area contributed by atoms with E-state index in [4.69, 9.17) is 0 Å². The molecule has 0 unspecified atom stereocenters. The van der Waals surface area contributed by atoms with E-state index >= 15 is 0 Å². The van der Waals surface area contributed by atoms with E-state index in [1.807, 2.05) is 0 Å². The minimum atomic E-state index is 0.781. The summed E-state index contributed by atoms with van der Waals surface area (Å²) in [6.45, 7) is 6.50. The average Bonchev–Trinajstić information content (AvgIpc) is 3.28. The van der Waals surface area contributed by atoms with Gasteiger partial charge >= 0.3 is 0 Å². The first-order chi connectivity index (χ1) is 28.1. The van der Waals surface area contributed by atoms with E-state index in [0.717, 1.165) is 71.8 Å². The fraction of sp³-hybridized carbons (Fsp3) is 0.891. The molecule has 8 aliphatic carbocycles. The van der Waals surface area contributed by atoms with Crippen molar-refractivity contribution in [3.05, 3.63) is 37.0 Å². The monoisotopic (exact) mass is 783 g/mol. The number of nitrogens with zero attached hydrogens (tertiary/aromatic N) is 2. The van der Waals surface area contributed by atoms with Gasteiger partial charge in [-0.1, -0.05) is 127 Å². The van der Waals surface area contributed by atoms with E-state index in [2.05, 4.69) is 53.7 Å². The Morgan fingerprint density at radius 3 is 0.807 bits per heavy atom. The molecule has 8 fully saturated rings. The highest BCUT2D eigenvalue weighted by Gasteiger charge is 2.38. The van der Waals surface area contributed by atoms with Gasteiger partial charge in [0, 0.05) is 36.3 Å². The Kier molecular flexibility index (Phi) is 18.6. The van der Waals surface area contributed by atoms with Crippen LogP contribution in [0.25, 0.3) is 0 Å². The maximum Gasteiger partial charge on any atom is 0.0102 e. The fourth-order valence-corrected chi connectivity index (χ4v) is 14.2. The van der Waals surface area contributed by atoms with Gasteiger partial charge in [-0.05, 0) is 177 Å². The van der Waals surface area contributed by atoms with E-state index in [-0.39, 0.29) is 0 Å². The largest absolute Gasteiger partial charge is 0.294 e. The Balaban J connectivity index is 0.000000641. The number of allylic oxidation sites excluding steroid dienone is 5. The third-order valence-electron chi connectivity index (χ3n) is 17.8. The Morgan fingerprint density at radius 1 is 0.281 bits per heavy atom. The summed E-state index contributed by atoms with van der Waals surface area (Å²) in [5, 5.41) is 0. The predicted octanol–water partition coefficient (Wildman–Crippen LogP) is 16.0. The third-order valence-corrected chi connectivity index (χ3v) is 17.8. The summed E-state index contributed by atoms with van der Waals surface area (Å²) in [5.41, 5.74) is 0. The molecule has 8 aliphatic rings. The van der Waals surface area contributed by atoms with Crippen LogP contribution in [0.1, 0.15) is 238 Å². The van der Waals surface area contributed by atoms with Crippen LogP contribution in [-0.2, 0) is 0 Å². The Hall–Kier alpha value is -0.860. The molecule has 324 valence electrons. The van der Waals surface area contributed by atoms with Gasteiger partial charge in [-0.25, -0.2) is 0 Å². The van der Waals surface area contributed by atoms with Crippen molar-refractivity contribution in [1.29, 1.82) is 0 Å². The maximum absolute atomic E-state index is 4.14. The number of rotatable bonds is 11. The summed E-state index contributed by atoms with van der Waals surface area (Å²) in [7, 11) is 0. The molecule has 0 atom stereocenters. The summed E-state index contributed by atoms with van der Waals surface area (Å²) < 4.78 is 0. The lowest BCUT2D eigenvalue weighted by Crippen LogP contribution is -2.52. The molecule has 8 saturated carbocycles. The Morgan fingerprint density at radius 2 is 0.526 bits per heavy atom. The van der Waals surface area contributed by atoms with Crippen LogP contribution in [-0.4, -0.2) is 46.1 Å². The molecule has 0 spiro atoms. The SMILES string of the molecule is C=CC1CCC(N(C2CCCCC2)C2CCC(/C=C/C3CCC(N(C4CCCCC4)C4CCC(/C=C/C5CCCCC5)CC4)CC3)CC2)CC1.CC1CCCCC1. The van der Waals surface area contributed by atoms with Crippen LogP contribution >= 0.6 is 0 Å². The molecule has 0 saturated heterocycles. The fourth-order valence-electron chi connectivity index (χ4n) is 14.2. The number of hydrogen-bond donors (Lipinski definition) is 0. The van der Waals surface area contributed by atoms with Crippen molar-refractivity contribution < 1.29 is 0 Å². The van der Waals surface area contributed by atoms with E-state index in [0.29, 0.717) is 0 Å². The van der Waals surface area contributed by atoms with E-state index in [1.54, 1.807) is 0 Å². The van der Waals surface area contributed by atoms with Crippen LogP contribution in [0.2, 0.25) is 0 Å². The Labute approximate surface area is 355 Å². The zero-order valence-electron chi connectivity index (χ0n) is 37.9.